The molecule has 3 rings (SSSR count). The van der Waals surface area contributed by atoms with Gasteiger partial charge >= 0.3 is 0 Å². The first-order valence-corrected chi connectivity index (χ1v) is 6.71. The lowest BCUT2D eigenvalue weighted by Crippen LogP contribution is -2.18. The van der Waals surface area contributed by atoms with Crippen LogP contribution in [0.3, 0.4) is 0 Å². The predicted molar refractivity (Wildman–Crippen MR) is 82.9 cm³/mol. The fraction of sp³-hybridized carbons (Fsp3) is 0.235. The summed E-state index contributed by atoms with van der Waals surface area (Å²) in [5.41, 5.74) is 2.35. The molecule has 1 aromatic heterocycles. The maximum atomic E-state index is 4.86. The number of hydrogen-bond acceptors (Lipinski definition) is 2. The van der Waals surface area contributed by atoms with Gasteiger partial charge in [0.05, 0.1) is 5.52 Å². The van der Waals surface area contributed by atoms with E-state index in [2.05, 4.69) is 62.2 Å². The normalized spacial score (nSPS) is 11.1. The number of hydrogen-bond donors (Lipinski definition) is 0. The van der Waals surface area contributed by atoms with Gasteiger partial charge in [-0.2, -0.15) is 0 Å². The van der Waals surface area contributed by atoms with E-state index >= 15 is 0 Å². The van der Waals surface area contributed by atoms with Gasteiger partial charge in [-0.15, -0.1) is 0 Å². The fourth-order valence-electron chi connectivity index (χ4n) is 2.58. The first-order chi connectivity index (χ1) is 9.22. The van der Waals surface area contributed by atoms with Crippen molar-refractivity contribution in [1.29, 1.82) is 0 Å². The molecule has 1 heterocycles. The van der Waals surface area contributed by atoms with Crippen molar-refractivity contribution in [3.63, 3.8) is 0 Å². The van der Waals surface area contributed by atoms with Crippen molar-refractivity contribution in [3.8, 4) is 0 Å². The van der Waals surface area contributed by atoms with Crippen LogP contribution in [-0.2, 0) is 0 Å². The number of anilines is 1. The molecule has 2 aromatic carbocycles. The number of para-hydroxylation sites is 1. The van der Waals surface area contributed by atoms with Crippen LogP contribution in [0.15, 0.2) is 42.5 Å². The summed E-state index contributed by atoms with van der Waals surface area (Å²) in [7, 11) is 2.10. The lowest BCUT2D eigenvalue weighted by Gasteiger charge is -2.20. The Morgan fingerprint density at radius 1 is 1.00 bits per heavy atom. The van der Waals surface area contributed by atoms with Crippen molar-refractivity contribution in [2.75, 3.05) is 18.5 Å². The van der Waals surface area contributed by atoms with Crippen molar-refractivity contribution in [3.05, 3.63) is 48.0 Å². The van der Waals surface area contributed by atoms with Crippen molar-refractivity contribution in [2.24, 2.45) is 0 Å². The minimum Gasteiger partial charge on any atom is -0.359 e. The maximum absolute atomic E-state index is 4.86. The highest BCUT2D eigenvalue weighted by atomic mass is 15.2. The standard InChI is InChI=1S/C17H18N2/c1-4-19(3)17-16-12(2)8-7-10-14(16)13-9-5-6-11-15(13)18-17/h5-11H,4H2,1-3H3. The second-order valence-electron chi connectivity index (χ2n) is 4.96. The summed E-state index contributed by atoms with van der Waals surface area (Å²) in [5.74, 6) is 1.08. The van der Waals surface area contributed by atoms with Gasteiger partial charge in [0, 0.05) is 24.4 Å². The van der Waals surface area contributed by atoms with Crippen LogP contribution in [-0.4, -0.2) is 18.6 Å². The zero-order valence-corrected chi connectivity index (χ0v) is 11.6. The second-order valence-corrected chi connectivity index (χ2v) is 4.96. The first kappa shape index (κ1) is 12.0. The lowest BCUT2D eigenvalue weighted by molar-refractivity contribution is 0.950. The van der Waals surface area contributed by atoms with Gasteiger partial charge in [-0.05, 0) is 30.9 Å². The molecule has 96 valence electrons. The summed E-state index contributed by atoms with van der Waals surface area (Å²) >= 11 is 0. The Labute approximate surface area is 113 Å². The van der Waals surface area contributed by atoms with Crippen LogP contribution in [0.5, 0.6) is 0 Å². The number of pyridine rings is 1. The van der Waals surface area contributed by atoms with E-state index in [9.17, 15) is 0 Å². The highest BCUT2D eigenvalue weighted by molar-refractivity contribution is 6.11. The molecule has 0 unspecified atom stereocenters. The van der Waals surface area contributed by atoms with E-state index in [0.29, 0.717) is 0 Å². The predicted octanol–water partition coefficient (Wildman–Crippen LogP) is 4.15. The molecule has 0 aliphatic heterocycles. The van der Waals surface area contributed by atoms with Gasteiger partial charge in [0.1, 0.15) is 5.82 Å². The largest absolute Gasteiger partial charge is 0.359 e. The van der Waals surface area contributed by atoms with Gasteiger partial charge in [-0.3, -0.25) is 0 Å². The zero-order chi connectivity index (χ0) is 13.4. The molecule has 0 saturated heterocycles. The van der Waals surface area contributed by atoms with E-state index in [4.69, 9.17) is 4.98 Å². The van der Waals surface area contributed by atoms with Crippen LogP contribution in [0.25, 0.3) is 21.7 Å². The van der Waals surface area contributed by atoms with E-state index in [0.717, 1.165) is 17.9 Å². The van der Waals surface area contributed by atoms with Crippen molar-refractivity contribution >= 4 is 27.5 Å². The van der Waals surface area contributed by atoms with E-state index in [1.165, 1.54) is 21.7 Å². The van der Waals surface area contributed by atoms with Crippen LogP contribution in [0.1, 0.15) is 12.5 Å². The van der Waals surface area contributed by atoms with E-state index < -0.39 is 0 Å². The van der Waals surface area contributed by atoms with E-state index in [-0.39, 0.29) is 0 Å². The number of rotatable bonds is 2. The topological polar surface area (TPSA) is 16.1 Å². The van der Waals surface area contributed by atoms with Crippen molar-refractivity contribution in [1.82, 2.24) is 4.98 Å². The minimum atomic E-state index is 0.953. The SMILES string of the molecule is CCN(C)c1nc2ccccc2c2cccc(C)c12. The molecule has 0 saturated carbocycles. The average Bonchev–Trinajstić information content (AvgIpc) is 2.46. The van der Waals surface area contributed by atoms with Gasteiger partial charge < -0.3 is 4.90 Å². The monoisotopic (exact) mass is 250 g/mol. The van der Waals surface area contributed by atoms with Crippen molar-refractivity contribution in [2.45, 2.75) is 13.8 Å². The van der Waals surface area contributed by atoms with Gasteiger partial charge in [-0.1, -0.05) is 36.4 Å². The highest BCUT2D eigenvalue weighted by Gasteiger charge is 2.12. The molecule has 0 aliphatic rings. The molecule has 0 spiro atoms. The molecule has 0 N–H and O–H groups in total. The third kappa shape index (κ3) is 1.84. The van der Waals surface area contributed by atoms with Gasteiger partial charge in [0.25, 0.3) is 0 Å². The third-order valence-corrected chi connectivity index (χ3v) is 3.75. The number of aromatic nitrogens is 1. The number of aryl methyl sites for hydroxylation is 1. The molecular formula is C17H18N2. The Morgan fingerprint density at radius 3 is 2.53 bits per heavy atom. The van der Waals surface area contributed by atoms with Crippen molar-refractivity contribution < 1.29 is 0 Å². The van der Waals surface area contributed by atoms with Gasteiger partial charge in [0.15, 0.2) is 0 Å². The summed E-state index contributed by atoms with van der Waals surface area (Å²) in [6.07, 6.45) is 0. The first-order valence-electron chi connectivity index (χ1n) is 6.71. The molecule has 2 heteroatoms. The van der Waals surface area contributed by atoms with Crippen LogP contribution in [0.2, 0.25) is 0 Å². The molecule has 0 radical (unpaired) electrons. The summed E-state index contributed by atoms with van der Waals surface area (Å²) < 4.78 is 0. The molecule has 2 nitrogen and oxygen atoms in total. The third-order valence-electron chi connectivity index (χ3n) is 3.75. The molecule has 0 bridgehead atoms. The lowest BCUT2D eigenvalue weighted by atomic mass is 10.0. The Bertz CT molecular complexity index is 747. The molecule has 3 aromatic rings. The Morgan fingerprint density at radius 2 is 1.74 bits per heavy atom. The molecular weight excluding hydrogens is 232 g/mol. The fourth-order valence-corrected chi connectivity index (χ4v) is 2.58. The smallest absolute Gasteiger partial charge is 0.137 e. The van der Waals surface area contributed by atoms with Crippen LogP contribution in [0.4, 0.5) is 5.82 Å². The molecule has 0 amide bonds. The minimum absolute atomic E-state index is 0.953. The zero-order valence-electron chi connectivity index (χ0n) is 11.6. The summed E-state index contributed by atoms with van der Waals surface area (Å²) in [4.78, 5) is 7.07. The van der Waals surface area contributed by atoms with E-state index in [1.54, 1.807) is 0 Å². The number of nitrogens with zero attached hydrogens (tertiary/aromatic N) is 2. The van der Waals surface area contributed by atoms with Crippen LogP contribution in [0, 0.1) is 6.92 Å². The molecule has 19 heavy (non-hydrogen) atoms. The average molecular weight is 250 g/mol. The summed E-state index contributed by atoms with van der Waals surface area (Å²) in [6, 6.07) is 14.8. The Kier molecular flexibility index (Phi) is 2.86. The number of benzene rings is 2. The second kappa shape index (κ2) is 4.54. The number of fused-ring (bicyclic) bond motifs is 3. The molecule has 0 aliphatic carbocycles. The summed E-state index contributed by atoms with van der Waals surface area (Å²) in [6.45, 7) is 5.27. The quantitative estimate of drug-likeness (QED) is 0.635. The molecule has 0 fully saturated rings. The highest BCUT2D eigenvalue weighted by Crippen LogP contribution is 2.32. The summed E-state index contributed by atoms with van der Waals surface area (Å²) in [5, 5.41) is 3.79. The van der Waals surface area contributed by atoms with E-state index in [1.807, 2.05) is 6.07 Å². The van der Waals surface area contributed by atoms with Gasteiger partial charge in [0.2, 0.25) is 0 Å². The Hall–Kier alpha value is -2.09. The maximum Gasteiger partial charge on any atom is 0.137 e. The van der Waals surface area contributed by atoms with Crippen LogP contribution < -0.4 is 4.90 Å². The van der Waals surface area contributed by atoms with Crippen LogP contribution >= 0.6 is 0 Å². The van der Waals surface area contributed by atoms with Gasteiger partial charge in [-0.25, -0.2) is 4.98 Å². The Balaban J connectivity index is 2.52. The molecule has 0 atom stereocenters.